The highest BCUT2D eigenvalue weighted by Gasteiger charge is 2.43. The number of hydrogen-bond donors (Lipinski definition) is 1. The standard InChI is InChI=1S/C11H9BrF2N4O2/c1-6-17-18-8(20-6)5-16-10(19)11(13,14)9-7(12)3-2-4-15-9/h2-4H,5H2,1H3,(H,16,19). The second-order valence-corrected chi connectivity index (χ2v) is 4.66. The Balaban J connectivity index is 2.09. The van der Waals surface area contributed by atoms with Crippen LogP contribution >= 0.6 is 15.9 Å². The summed E-state index contributed by atoms with van der Waals surface area (Å²) >= 11 is 2.94. The molecule has 2 heterocycles. The Morgan fingerprint density at radius 1 is 1.50 bits per heavy atom. The summed E-state index contributed by atoms with van der Waals surface area (Å²) in [6.07, 6.45) is 1.18. The predicted octanol–water partition coefficient (Wildman–Crippen LogP) is 1.94. The lowest BCUT2D eigenvalue weighted by Gasteiger charge is -2.15. The number of pyridine rings is 1. The lowest BCUT2D eigenvalue weighted by Crippen LogP contribution is -2.38. The maximum absolute atomic E-state index is 13.9. The topological polar surface area (TPSA) is 80.9 Å². The van der Waals surface area contributed by atoms with Crippen molar-refractivity contribution in [3.63, 3.8) is 0 Å². The van der Waals surface area contributed by atoms with Crippen LogP contribution in [-0.2, 0) is 17.3 Å². The number of rotatable bonds is 4. The molecular weight excluding hydrogens is 338 g/mol. The molecule has 0 fully saturated rings. The number of alkyl halides is 2. The number of aryl methyl sites for hydroxylation is 1. The summed E-state index contributed by atoms with van der Waals surface area (Å²) in [7, 11) is 0. The van der Waals surface area contributed by atoms with Gasteiger partial charge in [-0.3, -0.25) is 9.78 Å². The van der Waals surface area contributed by atoms with Gasteiger partial charge < -0.3 is 9.73 Å². The van der Waals surface area contributed by atoms with Crippen molar-refractivity contribution in [3.8, 4) is 0 Å². The van der Waals surface area contributed by atoms with Crippen LogP contribution in [0.2, 0.25) is 0 Å². The van der Waals surface area contributed by atoms with E-state index in [2.05, 4.69) is 31.1 Å². The molecule has 0 aliphatic carbocycles. The quantitative estimate of drug-likeness (QED) is 0.914. The third-order valence-corrected chi connectivity index (χ3v) is 2.95. The van der Waals surface area contributed by atoms with Gasteiger partial charge in [-0.1, -0.05) is 0 Å². The Labute approximate surface area is 120 Å². The smallest absolute Gasteiger partial charge is 0.367 e. The number of amides is 1. The highest BCUT2D eigenvalue weighted by molar-refractivity contribution is 9.10. The van der Waals surface area contributed by atoms with E-state index in [-0.39, 0.29) is 22.8 Å². The molecule has 0 spiro atoms. The van der Waals surface area contributed by atoms with Gasteiger partial charge in [-0.15, -0.1) is 10.2 Å². The lowest BCUT2D eigenvalue weighted by molar-refractivity contribution is -0.148. The molecule has 0 radical (unpaired) electrons. The summed E-state index contributed by atoms with van der Waals surface area (Å²) in [5.41, 5.74) is -0.654. The van der Waals surface area contributed by atoms with Gasteiger partial charge in [0.15, 0.2) is 0 Å². The highest BCUT2D eigenvalue weighted by Crippen LogP contribution is 2.31. The van der Waals surface area contributed by atoms with E-state index in [0.717, 1.165) is 0 Å². The summed E-state index contributed by atoms with van der Waals surface area (Å²) in [6.45, 7) is 1.28. The van der Waals surface area contributed by atoms with Crippen LogP contribution in [0.5, 0.6) is 0 Å². The van der Waals surface area contributed by atoms with Crippen LogP contribution in [0, 0.1) is 6.92 Å². The molecule has 106 valence electrons. The predicted molar refractivity (Wildman–Crippen MR) is 66.7 cm³/mol. The summed E-state index contributed by atoms with van der Waals surface area (Å²) in [5, 5.41) is 9.14. The summed E-state index contributed by atoms with van der Waals surface area (Å²) in [6, 6.07) is 2.85. The highest BCUT2D eigenvalue weighted by atomic mass is 79.9. The van der Waals surface area contributed by atoms with E-state index in [9.17, 15) is 13.6 Å². The zero-order valence-electron chi connectivity index (χ0n) is 10.2. The van der Waals surface area contributed by atoms with Crippen molar-refractivity contribution in [2.45, 2.75) is 19.4 Å². The van der Waals surface area contributed by atoms with Gasteiger partial charge in [-0.05, 0) is 28.1 Å². The monoisotopic (exact) mass is 346 g/mol. The van der Waals surface area contributed by atoms with Crippen molar-refractivity contribution in [2.75, 3.05) is 0 Å². The van der Waals surface area contributed by atoms with Crippen LogP contribution in [0.3, 0.4) is 0 Å². The van der Waals surface area contributed by atoms with Crippen LogP contribution in [0.25, 0.3) is 0 Å². The summed E-state index contributed by atoms with van der Waals surface area (Å²) in [5.74, 6) is -4.93. The van der Waals surface area contributed by atoms with Crippen molar-refractivity contribution in [1.82, 2.24) is 20.5 Å². The minimum atomic E-state index is -3.77. The minimum Gasteiger partial charge on any atom is -0.424 e. The van der Waals surface area contributed by atoms with Crippen LogP contribution in [0.15, 0.2) is 27.2 Å². The van der Waals surface area contributed by atoms with Crippen LogP contribution in [0.1, 0.15) is 17.5 Å². The fraction of sp³-hybridized carbons (Fsp3) is 0.273. The zero-order chi connectivity index (χ0) is 14.8. The largest absolute Gasteiger partial charge is 0.424 e. The molecule has 6 nitrogen and oxygen atoms in total. The fourth-order valence-corrected chi connectivity index (χ4v) is 1.90. The Kier molecular flexibility index (Phi) is 4.07. The fourth-order valence-electron chi connectivity index (χ4n) is 1.40. The number of aromatic nitrogens is 3. The average molecular weight is 347 g/mol. The first-order valence-electron chi connectivity index (χ1n) is 5.47. The van der Waals surface area contributed by atoms with E-state index >= 15 is 0 Å². The molecule has 9 heteroatoms. The van der Waals surface area contributed by atoms with Crippen molar-refractivity contribution >= 4 is 21.8 Å². The van der Waals surface area contributed by atoms with Gasteiger partial charge in [0.25, 0.3) is 5.91 Å². The molecule has 0 aromatic carbocycles. The molecule has 2 rings (SSSR count). The Hall–Kier alpha value is -1.90. The molecular formula is C11H9BrF2N4O2. The summed E-state index contributed by atoms with van der Waals surface area (Å²) in [4.78, 5) is 15.1. The van der Waals surface area contributed by atoms with Crippen LogP contribution in [0.4, 0.5) is 8.78 Å². The maximum Gasteiger partial charge on any atom is 0.367 e. The van der Waals surface area contributed by atoms with Gasteiger partial charge in [0.2, 0.25) is 11.8 Å². The van der Waals surface area contributed by atoms with E-state index in [4.69, 9.17) is 4.42 Å². The molecule has 0 atom stereocenters. The number of carbonyl (C=O) groups is 1. The Bertz CT molecular complexity index is 632. The third kappa shape index (κ3) is 2.98. The van der Waals surface area contributed by atoms with Crippen LogP contribution < -0.4 is 5.32 Å². The van der Waals surface area contributed by atoms with Gasteiger partial charge in [-0.25, -0.2) is 0 Å². The zero-order valence-corrected chi connectivity index (χ0v) is 11.8. The molecule has 2 aromatic heterocycles. The first kappa shape index (κ1) is 14.5. The molecule has 1 amide bonds. The van der Waals surface area contributed by atoms with E-state index in [0.29, 0.717) is 0 Å². The number of halogens is 3. The second kappa shape index (κ2) is 5.61. The molecule has 1 N–H and O–H groups in total. The van der Waals surface area contributed by atoms with Crippen molar-refractivity contribution in [2.24, 2.45) is 0 Å². The average Bonchev–Trinajstić information content (AvgIpc) is 2.82. The molecule has 0 bridgehead atoms. The van der Waals surface area contributed by atoms with Gasteiger partial charge in [0.1, 0.15) is 5.69 Å². The molecule has 0 aliphatic rings. The van der Waals surface area contributed by atoms with Gasteiger partial charge in [-0.2, -0.15) is 8.78 Å². The van der Waals surface area contributed by atoms with Gasteiger partial charge >= 0.3 is 5.92 Å². The second-order valence-electron chi connectivity index (χ2n) is 3.81. The lowest BCUT2D eigenvalue weighted by atomic mass is 10.2. The number of nitrogens with one attached hydrogen (secondary N) is 1. The number of nitrogens with zero attached hydrogens (tertiary/aromatic N) is 3. The molecule has 0 aliphatic heterocycles. The van der Waals surface area contributed by atoms with Gasteiger partial charge in [0.05, 0.1) is 6.54 Å². The minimum absolute atomic E-state index is 0.0479. The SMILES string of the molecule is Cc1nnc(CNC(=O)C(F)(F)c2ncccc2Br)o1. The number of carbonyl (C=O) groups excluding carboxylic acids is 1. The van der Waals surface area contributed by atoms with Crippen molar-refractivity contribution < 1.29 is 18.0 Å². The Morgan fingerprint density at radius 3 is 2.85 bits per heavy atom. The molecule has 20 heavy (non-hydrogen) atoms. The summed E-state index contributed by atoms with van der Waals surface area (Å²) < 4.78 is 32.9. The first-order valence-corrected chi connectivity index (χ1v) is 6.26. The molecule has 2 aromatic rings. The van der Waals surface area contributed by atoms with Crippen LogP contribution in [-0.4, -0.2) is 21.1 Å². The Morgan fingerprint density at radius 2 is 2.25 bits per heavy atom. The molecule has 0 saturated heterocycles. The van der Waals surface area contributed by atoms with Crippen molar-refractivity contribution in [3.05, 3.63) is 40.3 Å². The molecule has 0 unspecified atom stereocenters. The van der Waals surface area contributed by atoms with Gasteiger partial charge in [0, 0.05) is 17.6 Å². The van der Waals surface area contributed by atoms with E-state index in [1.54, 1.807) is 6.92 Å². The number of hydrogen-bond acceptors (Lipinski definition) is 5. The van der Waals surface area contributed by atoms with E-state index < -0.39 is 17.5 Å². The molecule has 0 saturated carbocycles. The van der Waals surface area contributed by atoms with E-state index in [1.165, 1.54) is 18.3 Å². The maximum atomic E-state index is 13.9. The van der Waals surface area contributed by atoms with Crippen molar-refractivity contribution in [1.29, 1.82) is 0 Å². The normalized spacial score (nSPS) is 11.4. The first-order chi connectivity index (χ1) is 9.41. The third-order valence-electron chi connectivity index (χ3n) is 2.31. The van der Waals surface area contributed by atoms with E-state index in [1.807, 2.05) is 5.32 Å².